The molecular formula is C19H18F3N3O5S. The second-order valence-electron chi connectivity index (χ2n) is 7.00. The molecule has 2 aromatic rings. The molecule has 166 valence electrons. The summed E-state index contributed by atoms with van der Waals surface area (Å²) in [5, 5.41) is 13.3. The number of halogens is 3. The van der Waals surface area contributed by atoms with E-state index in [9.17, 15) is 36.5 Å². The van der Waals surface area contributed by atoms with E-state index >= 15 is 0 Å². The van der Waals surface area contributed by atoms with Gasteiger partial charge in [-0.05, 0) is 43.2 Å². The Bertz CT molecular complexity index is 1080. The van der Waals surface area contributed by atoms with Gasteiger partial charge in [-0.1, -0.05) is 6.07 Å². The van der Waals surface area contributed by atoms with Crippen LogP contribution in [0.15, 0.2) is 53.4 Å². The Hall–Kier alpha value is -2.99. The number of carbonyl (C=O) groups excluding carboxylic acids is 1. The maximum absolute atomic E-state index is 12.9. The molecule has 0 radical (unpaired) electrons. The van der Waals surface area contributed by atoms with Crippen molar-refractivity contribution >= 4 is 27.3 Å². The number of carbonyl (C=O) groups is 1. The number of piperidine rings is 1. The van der Waals surface area contributed by atoms with Crippen LogP contribution in [0.25, 0.3) is 0 Å². The number of non-ortho nitro benzene ring substituents is 1. The molecule has 0 unspecified atom stereocenters. The Morgan fingerprint density at radius 1 is 1.10 bits per heavy atom. The summed E-state index contributed by atoms with van der Waals surface area (Å²) in [7, 11) is -4.13. The number of anilines is 1. The molecule has 0 saturated carbocycles. The van der Waals surface area contributed by atoms with Crippen molar-refractivity contribution in [3.05, 3.63) is 64.2 Å². The highest BCUT2D eigenvalue weighted by molar-refractivity contribution is 7.89. The first-order valence-electron chi connectivity index (χ1n) is 9.21. The number of alkyl halides is 3. The van der Waals surface area contributed by atoms with Crippen LogP contribution in [-0.2, 0) is 21.0 Å². The van der Waals surface area contributed by atoms with Crippen molar-refractivity contribution < 1.29 is 31.3 Å². The molecule has 1 aliphatic rings. The monoisotopic (exact) mass is 457 g/mol. The van der Waals surface area contributed by atoms with Crippen LogP contribution < -0.4 is 5.32 Å². The second-order valence-corrected chi connectivity index (χ2v) is 8.94. The van der Waals surface area contributed by atoms with E-state index in [0.29, 0.717) is 11.8 Å². The molecule has 0 spiro atoms. The van der Waals surface area contributed by atoms with Gasteiger partial charge >= 0.3 is 6.18 Å². The predicted molar refractivity (Wildman–Crippen MR) is 105 cm³/mol. The van der Waals surface area contributed by atoms with E-state index in [2.05, 4.69) is 5.32 Å². The zero-order valence-corrected chi connectivity index (χ0v) is 16.8. The highest BCUT2D eigenvalue weighted by atomic mass is 32.2. The summed E-state index contributed by atoms with van der Waals surface area (Å²) in [5.41, 5.74) is -0.799. The molecule has 0 aromatic heterocycles. The molecule has 1 fully saturated rings. The van der Waals surface area contributed by atoms with Gasteiger partial charge in [0.1, 0.15) is 0 Å². The quantitative estimate of drug-likeness (QED) is 0.544. The number of sulfonamides is 1. The largest absolute Gasteiger partial charge is 0.416 e. The highest BCUT2D eigenvalue weighted by Crippen LogP contribution is 2.32. The molecule has 31 heavy (non-hydrogen) atoms. The summed E-state index contributed by atoms with van der Waals surface area (Å²) in [5.74, 6) is -0.854. The topological polar surface area (TPSA) is 110 Å². The average Bonchev–Trinajstić information content (AvgIpc) is 2.73. The van der Waals surface area contributed by atoms with Crippen molar-refractivity contribution in [3.63, 3.8) is 0 Å². The van der Waals surface area contributed by atoms with Crippen LogP contribution >= 0.6 is 0 Å². The first kappa shape index (κ1) is 22.7. The normalized spacial score (nSPS) is 16.1. The maximum Gasteiger partial charge on any atom is 0.416 e. The molecular weight excluding hydrogens is 439 g/mol. The smallest absolute Gasteiger partial charge is 0.326 e. The van der Waals surface area contributed by atoms with Gasteiger partial charge in [0.25, 0.3) is 5.69 Å². The van der Waals surface area contributed by atoms with E-state index in [1.165, 1.54) is 24.3 Å². The number of benzene rings is 2. The summed E-state index contributed by atoms with van der Waals surface area (Å²) < 4.78 is 65.2. The van der Waals surface area contributed by atoms with Crippen LogP contribution in [0.4, 0.5) is 24.5 Å². The second kappa shape index (κ2) is 8.63. The molecule has 1 amide bonds. The van der Waals surface area contributed by atoms with E-state index in [-0.39, 0.29) is 37.5 Å². The third-order valence-electron chi connectivity index (χ3n) is 4.97. The van der Waals surface area contributed by atoms with Crippen LogP contribution in [0, 0.1) is 16.0 Å². The van der Waals surface area contributed by atoms with Gasteiger partial charge in [0.05, 0.1) is 15.4 Å². The zero-order chi connectivity index (χ0) is 22.8. The van der Waals surface area contributed by atoms with Gasteiger partial charge in [-0.2, -0.15) is 17.5 Å². The number of nitro groups is 1. The fraction of sp³-hybridized carbons (Fsp3) is 0.316. The number of hydrogen-bond acceptors (Lipinski definition) is 5. The molecule has 8 nitrogen and oxygen atoms in total. The average molecular weight is 457 g/mol. The number of nitrogens with zero attached hydrogens (tertiary/aromatic N) is 2. The van der Waals surface area contributed by atoms with E-state index in [0.717, 1.165) is 22.5 Å². The van der Waals surface area contributed by atoms with Crippen LogP contribution in [-0.4, -0.2) is 36.6 Å². The van der Waals surface area contributed by atoms with Crippen LogP contribution in [0.2, 0.25) is 0 Å². The summed E-state index contributed by atoms with van der Waals surface area (Å²) >= 11 is 0. The molecule has 0 bridgehead atoms. The predicted octanol–water partition coefficient (Wildman–Crippen LogP) is 3.65. The summed E-state index contributed by atoms with van der Waals surface area (Å²) in [4.78, 5) is 22.1. The third-order valence-corrected chi connectivity index (χ3v) is 6.86. The van der Waals surface area contributed by atoms with E-state index in [4.69, 9.17) is 0 Å². The summed E-state index contributed by atoms with van der Waals surface area (Å²) in [6, 6.07) is 8.83. The molecule has 1 N–H and O–H groups in total. The van der Waals surface area contributed by atoms with Crippen molar-refractivity contribution in [2.45, 2.75) is 23.9 Å². The minimum absolute atomic E-state index is 0.0169. The summed E-state index contributed by atoms with van der Waals surface area (Å²) in [6.07, 6.45) is -4.28. The number of nitro benzene ring substituents is 1. The molecule has 1 aliphatic heterocycles. The summed E-state index contributed by atoms with van der Waals surface area (Å²) in [6.45, 7) is -0.0339. The van der Waals surface area contributed by atoms with Gasteiger partial charge in [-0.3, -0.25) is 14.9 Å². The van der Waals surface area contributed by atoms with Gasteiger partial charge in [0, 0.05) is 36.8 Å². The lowest BCUT2D eigenvalue weighted by Gasteiger charge is -2.30. The molecule has 1 heterocycles. The van der Waals surface area contributed by atoms with Crippen molar-refractivity contribution in [2.24, 2.45) is 5.92 Å². The zero-order valence-electron chi connectivity index (χ0n) is 16.0. The van der Waals surface area contributed by atoms with Crippen LogP contribution in [0.5, 0.6) is 0 Å². The number of nitrogens with one attached hydrogen (secondary N) is 1. The van der Waals surface area contributed by atoms with Gasteiger partial charge in [-0.15, -0.1) is 0 Å². The first-order chi connectivity index (χ1) is 14.5. The van der Waals surface area contributed by atoms with Crippen LogP contribution in [0.3, 0.4) is 0 Å². The molecule has 0 aliphatic carbocycles. The van der Waals surface area contributed by atoms with Crippen molar-refractivity contribution in [1.29, 1.82) is 0 Å². The Labute approximate surface area is 175 Å². The van der Waals surface area contributed by atoms with Crippen molar-refractivity contribution in [1.82, 2.24) is 4.31 Å². The maximum atomic E-state index is 12.9. The lowest BCUT2D eigenvalue weighted by Crippen LogP contribution is -2.41. The van der Waals surface area contributed by atoms with E-state index in [1.54, 1.807) is 0 Å². The van der Waals surface area contributed by atoms with Crippen LogP contribution in [0.1, 0.15) is 18.4 Å². The Kier molecular flexibility index (Phi) is 6.32. The Morgan fingerprint density at radius 2 is 1.71 bits per heavy atom. The van der Waals surface area contributed by atoms with Gasteiger partial charge in [-0.25, -0.2) is 8.42 Å². The Balaban J connectivity index is 1.63. The van der Waals surface area contributed by atoms with Gasteiger partial charge in [0.15, 0.2) is 0 Å². The third kappa shape index (κ3) is 5.20. The molecule has 12 heteroatoms. The van der Waals surface area contributed by atoms with E-state index in [1.807, 2.05) is 0 Å². The number of hydrogen-bond donors (Lipinski definition) is 1. The van der Waals surface area contributed by atoms with Gasteiger partial charge < -0.3 is 5.32 Å². The number of amides is 1. The number of rotatable bonds is 5. The Morgan fingerprint density at radius 3 is 2.26 bits per heavy atom. The molecule has 2 aromatic carbocycles. The van der Waals surface area contributed by atoms with Gasteiger partial charge in [0.2, 0.25) is 15.9 Å². The molecule has 1 saturated heterocycles. The fourth-order valence-corrected chi connectivity index (χ4v) is 4.77. The fourth-order valence-electron chi connectivity index (χ4n) is 3.25. The minimum Gasteiger partial charge on any atom is -0.326 e. The lowest BCUT2D eigenvalue weighted by atomic mass is 9.97. The minimum atomic E-state index is -4.66. The van der Waals surface area contributed by atoms with Crippen molar-refractivity contribution in [3.8, 4) is 0 Å². The SMILES string of the molecule is O=C(Nc1ccc([N+](=O)[O-])cc1)C1CCN(S(=O)(=O)c2cccc(C(F)(F)F)c2)CC1. The van der Waals surface area contributed by atoms with E-state index < -0.39 is 37.5 Å². The standard InChI is InChI=1S/C19H18F3N3O5S/c20-19(21,22)14-2-1-3-17(12-14)31(29,30)24-10-8-13(9-11-24)18(26)23-15-4-6-16(7-5-15)25(27)28/h1-7,12-13H,8-11H2,(H,23,26). The van der Waals surface area contributed by atoms with Crippen molar-refractivity contribution in [2.75, 3.05) is 18.4 Å². The molecule has 3 rings (SSSR count). The first-order valence-corrected chi connectivity index (χ1v) is 10.7. The lowest BCUT2D eigenvalue weighted by molar-refractivity contribution is -0.384. The highest BCUT2D eigenvalue weighted by Gasteiger charge is 2.35. The molecule has 0 atom stereocenters.